The first-order valence-corrected chi connectivity index (χ1v) is 9.47. The van der Waals surface area contributed by atoms with E-state index in [1.54, 1.807) is 5.56 Å². The van der Waals surface area contributed by atoms with Gasteiger partial charge >= 0.3 is 0 Å². The molecule has 0 aliphatic carbocycles. The van der Waals surface area contributed by atoms with Gasteiger partial charge in [0, 0.05) is 10.6 Å². The van der Waals surface area contributed by atoms with Crippen LogP contribution in [0.4, 0.5) is 0 Å². The largest absolute Gasteiger partial charge is 0.316 e. The maximum absolute atomic E-state index is 3.68. The van der Waals surface area contributed by atoms with Gasteiger partial charge < -0.3 is 5.32 Å². The first-order valence-electron chi connectivity index (χ1n) is 8.48. The summed E-state index contributed by atoms with van der Waals surface area (Å²) < 4.78 is 0. The van der Waals surface area contributed by atoms with Gasteiger partial charge in [-0.15, -0.1) is 11.8 Å². The third kappa shape index (κ3) is 5.34. The Bertz CT molecular complexity index is 427. The number of rotatable bonds is 8. The molecule has 118 valence electrons. The Morgan fingerprint density at radius 2 is 1.86 bits per heavy atom. The molecule has 0 radical (unpaired) electrons. The topological polar surface area (TPSA) is 12.0 Å². The predicted molar refractivity (Wildman–Crippen MR) is 95.2 cm³/mol. The standard InChI is InChI=1S/C19H31NS/c1-14(2)9-16(12-20-11-15(3)4)10-17-13-21-19-8-6-5-7-18(17)19/h5-8,14-17,20H,9-13H2,1-4H3. The Balaban J connectivity index is 1.92. The molecule has 0 saturated carbocycles. The van der Waals surface area contributed by atoms with Crippen LogP contribution in [0.1, 0.15) is 52.0 Å². The van der Waals surface area contributed by atoms with Crippen molar-refractivity contribution in [2.24, 2.45) is 17.8 Å². The summed E-state index contributed by atoms with van der Waals surface area (Å²) in [4.78, 5) is 1.51. The number of hydrogen-bond acceptors (Lipinski definition) is 2. The molecule has 2 unspecified atom stereocenters. The van der Waals surface area contributed by atoms with Gasteiger partial charge in [-0.2, -0.15) is 0 Å². The van der Waals surface area contributed by atoms with Gasteiger partial charge in [-0.1, -0.05) is 45.9 Å². The Morgan fingerprint density at radius 1 is 1.10 bits per heavy atom. The van der Waals surface area contributed by atoms with Crippen molar-refractivity contribution in [1.82, 2.24) is 5.32 Å². The van der Waals surface area contributed by atoms with Crippen molar-refractivity contribution in [2.75, 3.05) is 18.8 Å². The minimum Gasteiger partial charge on any atom is -0.316 e. The highest BCUT2D eigenvalue weighted by Gasteiger charge is 2.25. The first-order chi connectivity index (χ1) is 10.1. The van der Waals surface area contributed by atoms with Crippen molar-refractivity contribution in [3.63, 3.8) is 0 Å². The zero-order chi connectivity index (χ0) is 15.2. The van der Waals surface area contributed by atoms with Crippen molar-refractivity contribution in [3.05, 3.63) is 29.8 Å². The van der Waals surface area contributed by atoms with Gasteiger partial charge in [-0.25, -0.2) is 0 Å². The second kappa shape index (κ2) is 8.24. The summed E-state index contributed by atoms with van der Waals surface area (Å²) in [5.41, 5.74) is 1.60. The maximum atomic E-state index is 3.68. The fourth-order valence-corrected chi connectivity index (χ4v) is 4.61. The highest BCUT2D eigenvalue weighted by Crippen LogP contribution is 2.42. The monoisotopic (exact) mass is 305 g/mol. The van der Waals surface area contributed by atoms with Crippen LogP contribution in [0.5, 0.6) is 0 Å². The Labute approximate surface area is 135 Å². The van der Waals surface area contributed by atoms with Gasteiger partial charge in [0.25, 0.3) is 0 Å². The minimum atomic E-state index is 0.743. The first kappa shape index (κ1) is 16.9. The number of hydrogen-bond donors (Lipinski definition) is 1. The molecule has 1 aliphatic heterocycles. The molecule has 0 bridgehead atoms. The summed E-state index contributed by atoms with van der Waals surface area (Å²) in [5, 5.41) is 3.68. The van der Waals surface area contributed by atoms with Gasteiger partial charge in [0.1, 0.15) is 0 Å². The number of fused-ring (bicyclic) bond motifs is 1. The fourth-order valence-electron chi connectivity index (χ4n) is 3.33. The van der Waals surface area contributed by atoms with Crippen LogP contribution in [-0.2, 0) is 0 Å². The molecule has 2 atom stereocenters. The third-order valence-electron chi connectivity index (χ3n) is 4.21. The molecule has 1 N–H and O–H groups in total. The van der Waals surface area contributed by atoms with E-state index in [1.165, 1.54) is 30.0 Å². The molecule has 2 heteroatoms. The van der Waals surface area contributed by atoms with Crippen LogP contribution in [0.2, 0.25) is 0 Å². The lowest BCUT2D eigenvalue weighted by Gasteiger charge is -2.23. The van der Waals surface area contributed by atoms with Crippen LogP contribution in [0.3, 0.4) is 0 Å². The molecule has 1 aliphatic rings. The molecule has 1 aromatic carbocycles. The molecule has 0 saturated heterocycles. The van der Waals surface area contributed by atoms with E-state index >= 15 is 0 Å². The normalized spacial score (nSPS) is 19.2. The molecule has 1 aromatic rings. The van der Waals surface area contributed by atoms with Crippen LogP contribution >= 0.6 is 11.8 Å². The predicted octanol–water partition coefficient (Wildman–Crippen LogP) is 5.17. The van der Waals surface area contributed by atoms with Crippen molar-refractivity contribution in [3.8, 4) is 0 Å². The quantitative estimate of drug-likeness (QED) is 0.710. The smallest absolute Gasteiger partial charge is 0.0107 e. The van der Waals surface area contributed by atoms with E-state index in [4.69, 9.17) is 0 Å². The zero-order valence-electron chi connectivity index (χ0n) is 14.1. The van der Waals surface area contributed by atoms with Crippen LogP contribution in [-0.4, -0.2) is 18.8 Å². The van der Waals surface area contributed by atoms with Crippen molar-refractivity contribution in [1.29, 1.82) is 0 Å². The van der Waals surface area contributed by atoms with Gasteiger partial charge in [0.2, 0.25) is 0 Å². The second-order valence-electron chi connectivity index (χ2n) is 7.33. The Morgan fingerprint density at radius 3 is 2.57 bits per heavy atom. The average molecular weight is 306 g/mol. The van der Waals surface area contributed by atoms with Crippen LogP contribution in [0.15, 0.2) is 29.2 Å². The third-order valence-corrected chi connectivity index (χ3v) is 5.46. The lowest BCUT2D eigenvalue weighted by atomic mass is 9.85. The molecule has 0 fully saturated rings. The van der Waals surface area contributed by atoms with Crippen LogP contribution in [0.25, 0.3) is 0 Å². The molecule has 21 heavy (non-hydrogen) atoms. The summed E-state index contributed by atoms with van der Waals surface area (Å²) in [7, 11) is 0. The SMILES string of the molecule is CC(C)CNCC(CC(C)C)CC1CSc2ccccc21. The fraction of sp³-hybridized carbons (Fsp3) is 0.684. The van der Waals surface area contributed by atoms with E-state index in [-0.39, 0.29) is 0 Å². The Kier molecular flexibility index (Phi) is 6.63. The van der Waals surface area contributed by atoms with Gasteiger partial charge in [-0.3, -0.25) is 0 Å². The number of thioether (sulfide) groups is 1. The Hall–Kier alpha value is -0.470. The molecular weight excluding hydrogens is 274 g/mol. The zero-order valence-corrected chi connectivity index (χ0v) is 14.9. The van der Waals surface area contributed by atoms with Gasteiger partial charge in [-0.05, 0) is 61.2 Å². The van der Waals surface area contributed by atoms with Crippen LogP contribution in [0, 0.1) is 17.8 Å². The summed E-state index contributed by atoms with van der Waals surface area (Å²) in [6.07, 6.45) is 2.68. The summed E-state index contributed by atoms with van der Waals surface area (Å²) in [5.74, 6) is 4.38. The second-order valence-corrected chi connectivity index (χ2v) is 8.39. The lowest BCUT2D eigenvalue weighted by Crippen LogP contribution is -2.28. The van der Waals surface area contributed by atoms with Crippen molar-refractivity contribution < 1.29 is 0 Å². The summed E-state index contributed by atoms with van der Waals surface area (Å²) >= 11 is 2.05. The van der Waals surface area contributed by atoms with Gasteiger partial charge in [0.05, 0.1) is 0 Å². The highest BCUT2D eigenvalue weighted by atomic mass is 32.2. The molecule has 0 aromatic heterocycles. The number of nitrogens with one attached hydrogen (secondary N) is 1. The maximum Gasteiger partial charge on any atom is 0.0107 e. The molecule has 0 spiro atoms. The molecule has 0 amide bonds. The summed E-state index contributed by atoms with van der Waals surface area (Å²) in [6, 6.07) is 9.00. The van der Waals surface area contributed by atoms with Crippen molar-refractivity contribution in [2.45, 2.75) is 51.3 Å². The highest BCUT2D eigenvalue weighted by molar-refractivity contribution is 7.99. The lowest BCUT2D eigenvalue weighted by molar-refractivity contribution is 0.344. The summed E-state index contributed by atoms with van der Waals surface area (Å²) in [6.45, 7) is 11.6. The van der Waals surface area contributed by atoms with E-state index in [9.17, 15) is 0 Å². The van der Waals surface area contributed by atoms with Crippen LogP contribution < -0.4 is 5.32 Å². The van der Waals surface area contributed by atoms with E-state index in [1.807, 2.05) is 11.8 Å². The molecule has 2 rings (SSSR count). The average Bonchev–Trinajstić information content (AvgIpc) is 2.81. The minimum absolute atomic E-state index is 0.743. The van der Waals surface area contributed by atoms with Crippen molar-refractivity contribution >= 4 is 11.8 Å². The van der Waals surface area contributed by atoms with E-state index in [0.29, 0.717) is 0 Å². The molecule has 1 nitrogen and oxygen atoms in total. The molecule has 1 heterocycles. The van der Waals surface area contributed by atoms with E-state index in [2.05, 4.69) is 57.3 Å². The number of benzene rings is 1. The van der Waals surface area contributed by atoms with Gasteiger partial charge in [0.15, 0.2) is 0 Å². The van der Waals surface area contributed by atoms with E-state index < -0.39 is 0 Å². The molecular formula is C19H31NS. The van der Waals surface area contributed by atoms with E-state index in [0.717, 1.165) is 30.2 Å².